The van der Waals surface area contributed by atoms with Crippen molar-refractivity contribution >= 4 is 81.4 Å². The Labute approximate surface area is 183 Å². The topological polar surface area (TPSA) is 27.6 Å². The summed E-state index contributed by atoms with van der Waals surface area (Å²) in [4.78, 5) is 7.38. The number of aliphatic imine (C=N–C) groups is 1. The summed E-state index contributed by atoms with van der Waals surface area (Å²) in [6.07, 6.45) is 3.35. The van der Waals surface area contributed by atoms with Gasteiger partial charge in [0.15, 0.2) is 12.0 Å². The van der Waals surface area contributed by atoms with E-state index < -0.39 is 0 Å². The molecule has 1 unspecified atom stereocenters. The van der Waals surface area contributed by atoms with Gasteiger partial charge in [0.2, 0.25) is 0 Å². The highest BCUT2D eigenvalue weighted by Crippen LogP contribution is 2.55. The molecule has 2 heterocycles. The van der Waals surface area contributed by atoms with Crippen LogP contribution in [0, 0.1) is 0 Å². The zero-order chi connectivity index (χ0) is 18.2. The van der Waals surface area contributed by atoms with Crippen LogP contribution in [-0.4, -0.2) is 56.5 Å². The molecule has 0 bridgehead atoms. The molecule has 138 valence electrons. The van der Waals surface area contributed by atoms with Crippen LogP contribution in [0.1, 0.15) is 20.3 Å². The lowest BCUT2D eigenvalue weighted by molar-refractivity contribution is 0.247. The monoisotopic (exact) mass is 599 g/mol. The van der Waals surface area contributed by atoms with Crippen LogP contribution in [0.3, 0.4) is 0 Å². The van der Waals surface area contributed by atoms with Crippen molar-refractivity contribution in [3.05, 3.63) is 17.9 Å². The van der Waals surface area contributed by atoms with Crippen molar-refractivity contribution in [2.75, 3.05) is 39.3 Å². The number of quaternary nitrogens is 1. The molecule has 1 aromatic rings. The third kappa shape index (κ3) is 3.82. The Hall–Kier alpha value is 0.690. The van der Waals surface area contributed by atoms with Crippen LogP contribution in [0.25, 0.3) is 0 Å². The number of halogens is 4. The second kappa shape index (κ2) is 8.37. The van der Waals surface area contributed by atoms with Crippen molar-refractivity contribution in [2.24, 2.45) is 4.99 Å². The van der Waals surface area contributed by atoms with E-state index in [0.29, 0.717) is 6.04 Å². The number of nitrogens with one attached hydrogen (secondary N) is 1. The van der Waals surface area contributed by atoms with Crippen molar-refractivity contribution < 1.29 is 0 Å². The zero-order valence-corrected chi connectivity index (χ0v) is 20.8. The minimum atomic E-state index is 0.409. The summed E-state index contributed by atoms with van der Waals surface area (Å²) in [5.74, 6) is 0. The first-order valence-corrected chi connectivity index (χ1v) is 11.8. The molecular weight excluding hydrogens is 580 g/mol. The number of fused-ring (bicyclic) bond motifs is 1. The first kappa shape index (κ1) is 20.4. The molecule has 3 rings (SSSR count). The molecule has 1 fully saturated rings. The van der Waals surface area contributed by atoms with Crippen LogP contribution >= 0.6 is 63.7 Å². The first-order valence-electron chi connectivity index (χ1n) is 8.60. The summed E-state index contributed by atoms with van der Waals surface area (Å²) in [6.45, 7) is 11.2. The summed E-state index contributed by atoms with van der Waals surface area (Å²) in [5, 5.41) is 3.49. The maximum absolute atomic E-state index is 4.81. The maximum atomic E-state index is 4.81. The van der Waals surface area contributed by atoms with E-state index in [1.807, 2.05) is 0 Å². The maximum Gasteiger partial charge on any atom is 0.196 e. The third-order valence-corrected chi connectivity index (χ3v) is 9.89. The summed E-state index contributed by atoms with van der Waals surface area (Å²) in [7, 11) is 0. The molecule has 1 atom stereocenters. The number of hydrogen-bond acceptors (Lipinski definition) is 3. The van der Waals surface area contributed by atoms with Crippen molar-refractivity contribution in [1.82, 2.24) is 14.7 Å². The van der Waals surface area contributed by atoms with Crippen LogP contribution in [-0.2, 0) is 0 Å². The van der Waals surface area contributed by atoms with Gasteiger partial charge in [-0.2, -0.15) is 4.99 Å². The standard InChI is InChI=1S/C17H23Br4N4/c1-11(2)25(9-8-24-6-3-4-22-5-7-24)10-23-16-14(20)12(18)13(19)15(21)17(16)25/h10-11,22H,3-9H2,1-2H3/q+1. The molecule has 2 aliphatic heterocycles. The van der Waals surface area contributed by atoms with Gasteiger partial charge in [0, 0.05) is 24.1 Å². The van der Waals surface area contributed by atoms with Gasteiger partial charge in [-0.1, -0.05) is 0 Å². The van der Waals surface area contributed by atoms with Gasteiger partial charge < -0.3 is 5.32 Å². The van der Waals surface area contributed by atoms with Gasteiger partial charge in [0.1, 0.15) is 12.2 Å². The Morgan fingerprint density at radius 3 is 2.52 bits per heavy atom. The largest absolute Gasteiger partial charge is 0.315 e. The lowest BCUT2D eigenvalue weighted by atomic mass is 10.1. The highest BCUT2D eigenvalue weighted by molar-refractivity contribution is 9.15. The molecule has 25 heavy (non-hydrogen) atoms. The van der Waals surface area contributed by atoms with Crippen molar-refractivity contribution in [3.8, 4) is 0 Å². The minimum absolute atomic E-state index is 0.409. The van der Waals surface area contributed by atoms with Crippen molar-refractivity contribution in [2.45, 2.75) is 26.3 Å². The van der Waals surface area contributed by atoms with Crippen LogP contribution in [0.15, 0.2) is 22.9 Å². The first-order chi connectivity index (χ1) is 11.9. The molecule has 1 N–H and O–H groups in total. The van der Waals surface area contributed by atoms with Crippen LogP contribution in [0.2, 0.25) is 0 Å². The van der Waals surface area contributed by atoms with Gasteiger partial charge >= 0.3 is 0 Å². The van der Waals surface area contributed by atoms with Crippen molar-refractivity contribution in [1.29, 1.82) is 0 Å². The summed E-state index contributed by atoms with van der Waals surface area (Å²) < 4.78 is 4.89. The SMILES string of the molecule is CC(C)[N+]1(CCN2CCCNCC2)C=Nc2c(Br)c(Br)c(Br)c(Br)c21. The summed E-state index contributed by atoms with van der Waals surface area (Å²) in [5.41, 5.74) is 2.26. The number of nitrogens with zero attached hydrogens (tertiary/aromatic N) is 3. The Kier molecular flexibility index (Phi) is 6.84. The quantitative estimate of drug-likeness (QED) is 0.283. The number of rotatable bonds is 4. The fraction of sp³-hybridized carbons (Fsp3) is 0.588. The fourth-order valence-corrected chi connectivity index (χ4v) is 6.08. The van der Waals surface area contributed by atoms with Gasteiger partial charge in [-0.25, -0.2) is 4.48 Å². The van der Waals surface area contributed by atoms with E-state index in [1.165, 1.54) is 18.7 Å². The van der Waals surface area contributed by atoms with Crippen LogP contribution in [0.4, 0.5) is 11.4 Å². The molecule has 1 saturated heterocycles. The average molecular weight is 603 g/mol. The molecule has 0 saturated carbocycles. The highest BCUT2D eigenvalue weighted by atomic mass is 79.9. The summed E-state index contributed by atoms with van der Waals surface area (Å²) >= 11 is 14.9. The van der Waals surface area contributed by atoms with Gasteiger partial charge in [0.25, 0.3) is 0 Å². The van der Waals surface area contributed by atoms with E-state index >= 15 is 0 Å². The van der Waals surface area contributed by atoms with Crippen molar-refractivity contribution in [3.63, 3.8) is 0 Å². The number of hydrogen-bond donors (Lipinski definition) is 1. The molecule has 0 spiro atoms. The molecule has 8 heteroatoms. The number of benzene rings is 1. The average Bonchev–Trinajstić information content (AvgIpc) is 2.79. The third-order valence-electron chi connectivity index (χ3n) is 5.17. The van der Waals surface area contributed by atoms with E-state index in [2.05, 4.69) is 94.1 Å². The molecule has 0 radical (unpaired) electrons. The predicted molar refractivity (Wildman–Crippen MR) is 121 cm³/mol. The molecule has 0 aliphatic carbocycles. The van der Waals surface area contributed by atoms with E-state index in [4.69, 9.17) is 4.99 Å². The second-order valence-electron chi connectivity index (χ2n) is 6.89. The lowest BCUT2D eigenvalue weighted by Crippen LogP contribution is -2.56. The van der Waals surface area contributed by atoms with Gasteiger partial charge in [-0.3, -0.25) is 4.90 Å². The molecule has 4 nitrogen and oxygen atoms in total. The Bertz CT molecular complexity index is 684. The molecule has 2 aliphatic rings. The molecular formula is C17H23Br4N4+. The Morgan fingerprint density at radius 2 is 1.80 bits per heavy atom. The predicted octanol–water partition coefficient (Wildman–Crippen LogP) is 5.42. The Balaban J connectivity index is 1.95. The van der Waals surface area contributed by atoms with E-state index in [-0.39, 0.29) is 0 Å². The lowest BCUT2D eigenvalue weighted by Gasteiger charge is -2.37. The van der Waals surface area contributed by atoms with Gasteiger partial charge in [-0.15, -0.1) is 0 Å². The Morgan fingerprint density at radius 1 is 1.08 bits per heavy atom. The van der Waals surface area contributed by atoms with Crippen LogP contribution in [0.5, 0.6) is 0 Å². The normalized spacial score (nSPS) is 24.0. The molecule has 0 amide bonds. The summed E-state index contributed by atoms with van der Waals surface area (Å²) in [6, 6.07) is 0.409. The van der Waals surface area contributed by atoms with Gasteiger partial charge in [-0.05, 0) is 97.1 Å². The van der Waals surface area contributed by atoms with E-state index in [0.717, 1.165) is 60.8 Å². The van der Waals surface area contributed by atoms with Gasteiger partial charge in [0.05, 0.1) is 19.5 Å². The molecule has 0 aromatic heterocycles. The zero-order valence-electron chi connectivity index (χ0n) is 14.5. The van der Waals surface area contributed by atoms with E-state index in [9.17, 15) is 0 Å². The minimum Gasteiger partial charge on any atom is -0.315 e. The highest BCUT2D eigenvalue weighted by Gasteiger charge is 2.43. The molecule has 1 aromatic carbocycles. The fourth-order valence-electron chi connectivity index (χ4n) is 3.58. The smallest absolute Gasteiger partial charge is 0.196 e. The van der Waals surface area contributed by atoms with Crippen LogP contribution < -0.4 is 9.80 Å². The van der Waals surface area contributed by atoms with E-state index in [1.54, 1.807) is 0 Å². The second-order valence-corrected chi connectivity index (χ2v) is 10.1.